The van der Waals surface area contributed by atoms with E-state index in [9.17, 15) is 13.2 Å². The molecule has 1 amide bonds. The highest BCUT2D eigenvalue weighted by Gasteiger charge is 2.21. The summed E-state index contributed by atoms with van der Waals surface area (Å²) in [6, 6.07) is 13.9. The normalized spacial score (nSPS) is 11.2. The summed E-state index contributed by atoms with van der Waals surface area (Å²) in [6.07, 6.45) is 0. The highest BCUT2D eigenvalue weighted by Crippen LogP contribution is 2.35. The molecule has 0 saturated carbocycles. The smallest absolute Gasteiger partial charge is 0.264 e. The molecule has 0 atom stereocenters. The Hall–Kier alpha value is -1.77. The molecule has 27 heavy (non-hydrogen) atoms. The number of benzene rings is 2. The van der Waals surface area contributed by atoms with Crippen LogP contribution in [0.2, 0.25) is 13.7 Å². The van der Waals surface area contributed by atoms with E-state index in [-0.39, 0.29) is 25.2 Å². The van der Waals surface area contributed by atoms with Crippen molar-refractivity contribution < 1.29 is 13.2 Å². The minimum Gasteiger partial charge on any atom is -0.322 e. The Labute approximate surface area is 174 Å². The van der Waals surface area contributed by atoms with Crippen LogP contribution in [0.5, 0.6) is 0 Å². The van der Waals surface area contributed by atoms with Crippen LogP contribution in [0.15, 0.2) is 59.5 Å². The average Bonchev–Trinajstić information content (AvgIpc) is 2.96. The van der Waals surface area contributed by atoms with Crippen molar-refractivity contribution in [1.29, 1.82) is 0 Å². The standard InChI is InChI=1S/C17H11Cl3N2O3S2/c18-11-3-7-12(8-4-11)21-17(23)10-1-5-13(6-2-10)22-27(24,25)14-9-15(19)26-16(14)20/h1-9,22H,(H,21,23). The molecule has 5 nitrogen and oxygen atoms in total. The topological polar surface area (TPSA) is 75.3 Å². The SMILES string of the molecule is O=C(Nc1ccc(Cl)cc1)c1ccc(NS(=O)(=O)c2cc(Cl)sc2Cl)cc1. The number of sulfonamides is 1. The van der Waals surface area contributed by atoms with Crippen LogP contribution >= 0.6 is 46.1 Å². The van der Waals surface area contributed by atoms with Gasteiger partial charge in [0, 0.05) is 22.0 Å². The Morgan fingerprint density at radius 2 is 1.48 bits per heavy atom. The van der Waals surface area contributed by atoms with Crippen molar-refractivity contribution >= 4 is 73.4 Å². The van der Waals surface area contributed by atoms with Gasteiger partial charge in [0.2, 0.25) is 0 Å². The lowest BCUT2D eigenvalue weighted by Crippen LogP contribution is -2.14. The molecule has 0 radical (unpaired) electrons. The second kappa shape index (κ2) is 8.08. The Kier molecular flexibility index (Phi) is 5.98. The largest absolute Gasteiger partial charge is 0.322 e. The van der Waals surface area contributed by atoms with E-state index in [1.165, 1.54) is 30.3 Å². The molecular formula is C17H11Cl3N2O3S2. The second-order valence-electron chi connectivity index (χ2n) is 5.33. The maximum absolute atomic E-state index is 12.4. The molecule has 1 heterocycles. The van der Waals surface area contributed by atoms with E-state index >= 15 is 0 Å². The molecule has 0 unspecified atom stereocenters. The first-order valence-electron chi connectivity index (χ1n) is 7.39. The van der Waals surface area contributed by atoms with E-state index < -0.39 is 10.0 Å². The molecule has 0 aliphatic heterocycles. The van der Waals surface area contributed by atoms with Crippen molar-refractivity contribution in [3.8, 4) is 0 Å². The average molecular weight is 462 g/mol. The van der Waals surface area contributed by atoms with Crippen LogP contribution in [0, 0.1) is 0 Å². The molecule has 0 bridgehead atoms. The van der Waals surface area contributed by atoms with E-state index in [0.29, 0.717) is 16.3 Å². The van der Waals surface area contributed by atoms with Gasteiger partial charge < -0.3 is 5.32 Å². The summed E-state index contributed by atoms with van der Waals surface area (Å²) in [7, 11) is -3.88. The van der Waals surface area contributed by atoms with Crippen LogP contribution in [-0.2, 0) is 10.0 Å². The monoisotopic (exact) mass is 460 g/mol. The third-order valence-corrected chi connectivity index (χ3v) is 6.80. The molecule has 10 heteroatoms. The first-order chi connectivity index (χ1) is 12.7. The van der Waals surface area contributed by atoms with Crippen LogP contribution in [-0.4, -0.2) is 14.3 Å². The molecule has 3 rings (SSSR count). The summed E-state index contributed by atoms with van der Waals surface area (Å²) in [5.41, 5.74) is 1.25. The van der Waals surface area contributed by atoms with E-state index in [1.54, 1.807) is 24.3 Å². The van der Waals surface area contributed by atoms with Gasteiger partial charge in [0.25, 0.3) is 15.9 Å². The van der Waals surface area contributed by atoms with Gasteiger partial charge in [-0.2, -0.15) is 0 Å². The fourth-order valence-electron chi connectivity index (χ4n) is 2.14. The van der Waals surface area contributed by atoms with E-state index in [0.717, 1.165) is 11.3 Å². The number of thiophene rings is 1. The van der Waals surface area contributed by atoms with E-state index in [4.69, 9.17) is 34.8 Å². The number of amides is 1. The molecule has 140 valence electrons. The molecule has 1 aromatic heterocycles. The van der Waals surface area contributed by atoms with Crippen molar-refractivity contribution in [3.63, 3.8) is 0 Å². The Morgan fingerprint density at radius 1 is 0.889 bits per heavy atom. The summed E-state index contributed by atoms with van der Waals surface area (Å²) >= 11 is 18.5. The van der Waals surface area contributed by atoms with Crippen molar-refractivity contribution in [3.05, 3.63) is 73.9 Å². The fourth-order valence-corrected chi connectivity index (χ4v) is 5.48. The van der Waals surface area contributed by atoms with Gasteiger partial charge in [-0.3, -0.25) is 9.52 Å². The zero-order valence-corrected chi connectivity index (χ0v) is 17.3. The van der Waals surface area contributed by atoms with Crippen molar-refractivity contribution in [2.24, 2.45) is 0 Å². The molecule has 2 N–H and O–H groups in total. The van der Waals surface area contributed by atoms with Gasteiger partial charge in [0.15, 0.2) is 0 Å². The third-order valence-electron chi connectivity index (χ3n) is 3.42. The molecule has 0 fully saturated rings. The number of nitrogens with one attached hydrogen (secondary N) is 2. The van der Waals surface area contributed by atoms with Crippen molar-refractivity contribution in [2.75, 3.05) is 10.0 Å². The van der Waals surface area contributed by atoms with E-state index in [1.807, 2.05) is 0 Å². The van der Waals surface area contributed by atoms with Gasteiger partial charge >= 0.3 is 0 Å². The van der Waals surface area contributed by atoms with Crippen LogP contribution in [0.3, 0.4) is 0 Å². The highest BCUT2D eigenvalue weighted by atomic mass is 35.5. The zero-order chi connectivity index (χ0) is 19.6. The van der Waals surface area contributed by atoms with Crippen molar-refractivity contribution in [1.82, 2.24) is 0 Å². The fraction of sp³-hybridized carbons (Fsp3) is 0. The van der Waals surface area contributed by atoms with Crippen LogP contribution in [0.4, 0.5) is 11.4 Å². The van der Waals surface area contributed by atoms with Crippen LogP contribution in [0.1, 0.15) is 10.4 Å². The number of hydrogen-bond acceptors (Lipinski definition) is 4. The van der Waals surface area contributed by atoms with Crippen LogP contribution < -0.4 is 10.0 Å². The summed E-state index contributed by atoms with van der Waals surface area (Å²) in [6.45, 7) is 0. The maximum atomic E-state index is 12.4. The van der Waals surface area contributed by atoms with Gasteiger partial charge in [-0.05, 0) is 54.6 Å². The molecule has 0 saturated heterocycles. The zero-order valence-electron chi connectivity index (χ0n) is 13.4. The van der Waals surface area contributed by atoms with Gasteiger partial charge in [-0.1, -0.05) is 34.8 Å². The third kappa shape index (κ3) is 4.94. The molecule has 3 aromatic rings. The Balaban J connectivity index is 1.72. The minimum absolute atomic E-state index is 0.0754. The minimum atomic E-state index is -3.88. The Bertz CT molecular complexity index is 1080. The van der Waals surface area contributed by atoms with Gasteiger partial charge in [0.05, 0.1) is 4.34 Å². The van der Waals surface area contributed by atoms with Gasteiger partial charge in [-0.15, -0.1) is 11.3 Å². The summed E-state index contributed by atoms with van der Waals surface area (Å²) in [5, 5.41) is 3.29. The van der Waals surface area contributed by atoms with Gasteiger partial charge in [-0.25, -0.2) is 8.42 Å². The van der Waals surface area contributed by atoms with Gasteiger partial charge in [0.1, 0.15) is 9.23 Å². The first kappa shape index (κ1) is 20.0. The predicted octanol–water partition coefficient (Wildman–Crippen LogP) is 5.76. The molecule has 0 spiro atoms. The first-order valence-corrected chi connectivity index (χ1v) is 10.8. The number of rotatable bonds is 5. The quantitative estimate of drug-likeness (QED) is 0.507. The summed E-state index contributed by atoms with van der Waals surface area (Å²) in [5.74, 6) is -0.334. The Morgan fingerprint density at radius 3 is 2.04 bits per heavy atom. The number of carbonyl (C=O) groups excluding carboxylic acids is 1. The number of anilines is 2. The van der Waals surface area contributed by atoms with Crippen molar-refractivity contribution in [2.45, 2.75) is 4.90 Å². The lowest BCUT2D eigenvalue weighted by molar-refractivity contribution is 0.102. The number of carbonyl (C=O) groups is 1. The molecule has 2 aromatic carbocycles. The number of halogens is 3. The maximum Gasteiger partial charge on any atom is 0.264 e. The molecule has 0 aliphatic rings. The van der Waals surface area contributed by atoms with Crippen LogP contribution in [0.25, 0.3) is 0 Å². The van der Waals surface area contributed by atoms with E-state index in [2.05, 4.69) is 10.0 Å². The lowest BCUT2D eigenvalue weighted by atomic mass is 10.2. The molecular weight excluding hydrogens is 451 g/mol. The second-order valence-corrected chi connectivity index (χ2v) is 9.71. The lowest BCUT2D eigenvalue weighted by Gasteiger charge is -2.09. The molecule has 0 aliphatic carbocycles. The highest BCUT2D eigenvalue weighted by molar-refractivity contribution is 7.93. The summed E-state index contributed by atoms with van der Waals surface area (Å²) in [4.78, 5) is 12.2. The number of hydrogen-bond donors (Lipinski definition) is 2. The summed E-state index contributed by atoms with van der Waals surface area (Å²) < 4.78 is 27.5. The predicted molar refractivity (Wildman–Crippen MR) is 111 cm³/mol.